The van der Waals surface area contributed by atoms with Crippen molar-refractivity contribution < 1.29 is 4.74 Å². The van der Waals surface area contributed by atoms with Crippen molar-refractivity contribution in [3.63, 3.8) is 0 Å². The standard InChI is InChI=1S/C24H29ClN2OS/c1-2-3-4-5-6-7-16-28-23-14-12-21(13-15-23)26-24-27-22(18-29-24)17-19-8-10-20(25)11-9-19/h8-15,18H,2-7,16-17H2,1H3,(H,26,27). The zero-order valence-electron chi connectivity index (χ0n) is 17.0. The van der Waals surface area contributed by atoms with E-state index in [1.165, 1.54) is 37.7 Å². The summed E-state index contributed by atoms with van der Waals surface area (Å²) in [6.45, 7) is 3.04. The topological polar surface area (TPSA) is 34.1 Å². The molecule has 154 valence electrons. The minimum atomic E-state index is 0.758. The summed E-state index contributed by atoms with van der Waals surface area (Å²) < 4.78 is 5.85. The maximum Gasteiger partial charge on any atom is 0.187 e. The molecule has 3 nitrogen and oxygen atoms in total. The van der Waals surface area contributed by atoms with Gasteiger partial charge in [-0.1, -0.05) is 62.8 Å². The van der Waals surface area contributed by atoms with Crippen LogP contribution in [0.1, 0.15) is 56.7 Å². The molecule has 3 aromatic rings. The Labute approximate surface area is 183 Å². The molecule has 0 bridgehead atoms. The van der Waals surface area contributed by atoms with E-state index in [-0.39, 0.29) is 0 Å². The molecule has 0 unspecified atom stereocenters. The van der Waals surface area contributed by atoms with Crippen LogP contribution < -0.4 is 10.1 Å². The largest absolute Gasteiger partial charge is 0.494 e. The molecule has 0 spiro atoms. The van der Waals surface area contributed by atoms with Gasteiger partial charge in [0.15, 0.2) is 5.13 Å². The van der Waals surface area contributed by atoms with E-state index in [1.807, 2.05) is 48.5 Å². The molecule has 0 aliphatic heterocycles. The van der Waals surface area contributed by atoms with Gasteiger partial charge in [0.1, 0.15) is 5.75 Å². The fourth-order valence-electron chi connectivity index (χ4n) is 3.09. The summed E-state index contributed by atoms with van der Waals surface area (Å²) in [6.07, 6.45) is 8.48. The Bertz CT molecular complexity index is 846. The Kier molecular flexibility index (Phi) is 8.84. The fourth-order valence-corrected chi connectivity index (χ4v) is 3.94. The average molecular weight is 429 g/mol. The number of aromatic nitrogens is 1. The van der Waals surface area contributed by atoms with Crippen molar-refractivity contribution in [1.29, 1.82) is 0 Å². The Morgan fingerprint density at radius 2 is 1.66 bits per heavy atom. The van der Waals surface area contributed by atoms with Crippen LogP contribution in [-0.2, 0) is 6.42 Å². The molecule has 0 fully saturated rings. The van der Waals surface area contributed by atoms with Gasteiger partial charge in [0.25, 0.3) is 0 Å². The summed E-state index contributed by atoms with van der Waals surface area (Å²) in [6, 6.07) is 16.0. The fraction of sp³-hybridized carbons (Fsp3) is 0.375. The molecule has 29 heavy (non-hydrogen) atoms. The van der Waals surface area contributed by atoms with Gasteiger partial charge in [-0.05, 0) is 48.4 Å². The van der Waals surface area contributed by atoms with Crippen molar-refractivity contribution in [2.75, 3.05) is 11.9 Å². The van der Waals surface area contributed by atoms with Crippen molar-refractivity contribution in [1.82, 2.24) is 4.98 Å². The first kappa shape index (κ1) is 21.7. The lowest BCUT2D eigenvalue weighted by molar-refractivity contribution is 0.304. The third-order valence-electron chi connectivity index (χ3n) is 4.72. The molecule has 5 heteroatoms. The van der Waals surface area contributed by atoms with E-state index >= 15 is 0 Å². The van der Waals surface area contributed by atoms with Gasteiger partial charge in [0, 0.05) is 22.5 Å². The number of ether oxygens (including phenoxy) is 1. The van der Waals surface area contributed by atoms with Crippen LogP contribution in [0.2, 0.25) is 5.02 Å². The van der Waals surface area contributed by atoms with Crippen LogP contribution in [0.3, 0.4) is 0 Å². The number of hydrogen-bond donors (Lipinski definition) is 1. The highest BCUT2D eigenvalue weighted by atomic mass is 35.5. The second-order valence-corrected chi connectivity index (χ2v) is 8.51. The van der Waals surface area contributed by atoms with Crippen LogP contribution in [0.4, 0.5) is 10.8 Å². The SMILES string of the molecule is CCCCCCCCOc1ccc(Nc2nc(Cc3ccc(Cl)cc3)cs2)cc1. The van der Waals surface area contributed by atoms with Gasteiger partial charge in [-0.15, -0.1) is 11.3 Å². The predicted molar refractivity (Wildman–Crippen MR) is 125 cm³/mol. The quantitative estimate of drug-likeness (QED) is 0.298. The molecule has 1 heterocycles. The van der Waals surface area contributed by atoms with Crippen LogP contribution in [0, 0.1) is 0 Å². The number of thiazole rings is 1. The number of halogens is 1. The van der Waals surface area contributed by atoms with Crippen LogP contribution >= 0.6 is 22.9 Å². The lowest BCUT2D eigenvalue weighted by Gasteiger charge is -2.08. The van der Waals surface area contributed by atoms with Crippen molar-refractivity contribution >= 4 is 33.8 Å². The first-order chi connectivity index (χ1) is 14.2. The highest BCUT2D eigenvalue weighted by Crippen LogP contribution is 2.24. The number of benzene rings is 2. The third kappa shape index (κ3) is 7.71. The van der Waals surface area contributed by atoms with Gasteiger partial charge in [-0.2, -0.15) is 0 Å². The molecule has 2 aromatic carbocycles. The normalized spacial score (nSPS) is 10.8. The second kappa shape index (κ2) is 11.8. The average Bonchev–Trinajstić information content (AvgIpc) is 3.17. The molecular formula is C24H29ClN2OS. The van der Waals surface area contributed by atoms with Gasteiger partial charge in [-0.3, -0.25) is 0 Å². The summed E-state index contributed by atoms with van der Waals surface area (Å²) in [5, 5.41) is 7.12. The molecule has 0 saturated carbocycles. The summed E-state index contributed by atoms with van der Waals surface area (Å²) >= 11 is 7.56. The van der Waals surface area contributed by atoms with Crippen molar-refractivity contribution in [2.24, 2.45) is 0 Å². The first-order valence-corrected chi connectivity index (χ1v) is 11.7. The molecule has 0 aliphatic carbocycles. The van der Waals surface area contributed by atoms with Gasteiger partial charge in [-0.25, -0.2) is 4.98 Å². The first-order valence-electron chi connectivity index (χ1n) is 10.4. The third-order valence-corrected chi connectivity index (χ3v) is 5.78. The zero-order chi connectivity index (χ0) is 20.3. The minimum Gasteiger partial charge on any atom is -0.494 e. The van der Waals surface area contributed by atoms with Gasteiger partial charge in [0.2, 0.25) is 0 Å². The molecule has 0 radical (unpaired) electrons. The number of nitrogens with zero attached hydrogens (tertiary/aromatic N) is 1. The van der Waals surface area contributed by atoms with Crippen LogP contribution in [0.5, 0.6) is 5.75 Å². The second-order valence-electron chi connectivity index (χ2n) is 7.21. The smallest absolute Gasteiger partial charge is 0.187 e. The van der Waals surface area contributed by atoms with E-state index in [4.69, 9.17) is 16.3 Å². The lowest BCUT2D eigenvalue weighted by Crippen LogP contribution is -1.97. The summed E-state index contributed by atoms with van der Waals surface area (Å²) in [7, 11) is 0. The van der Waals surface area contributed by atoms with E-state index in [1.54, 1.807) is 11.3 Å². The number of unbranched alkanes of at least 4 members (excludes halogenated alkanes) is 5. The molecule has 0 atom stereocenters. The number of hydrogen-bond acceptors (Lipinski definition) is 4. The number of nitrogens with one attached hydrogen (secondary N) is 1. The van der Waals surface area contributed by atoms with Crippen LogP contribution in [0.25, 0.3) is 0 Å². The summed E-state index contributed by atoms with van der Waals surface area (Å²) in [5.74, 6) is 0.923. The molecule has 1 N–H and O–H groups in total. The van der Waals surface area contributed by atoms with Crippen LogP contribution in [0.15, 0.2) is 53.9 Å². The van der Waals surface area contributed by atoms with Crippen molar-refractivity contribution in [3.05, 3.63) is 70.2 Å². The van der Waals surface area contributed by atoms with E-state index in [0.29, 0.717) is 0 Å². The van der Waals surface area contributed by atoms with Crippen LogP contribution in [-0.4, -0.2) is 11.6 Å². The Morgan fingerprint density at radius 3 is 2.41 bits per heavy atom. The Morgan fingerprint density at radius 1 is 0.931 bits per heavy atom. The molecule has 0 saturated heterocycles. The van der Waals surface area contributed by atoms with E-state index in [0.717, 1.165) is 46.7 Å². The van der Waals surface area contributed by atoms with Gasteiger partial charge >= 0.3 is 0 Å². The van der Waals surface area contributed by atoms with E-state index < -0.39 is 0 Å². The minimum absolute atomic E-state index is 0.758. The zero-order valence-corrected chi connectivity index (χ0v) is 18.6. The highest BCUT2D eigenvalue weighted by molar-refractivity contribution is 7.13. The molecule has 1 aromatic heterocycles. The van der Waals surface area contributed by atoms with Crippen molar-refractivity contribution in [3.8, 4) is 5.75 Å². The Hall–Kier alpha value is -2.04. The maximum absolute atomic E-state index is 5.95. The van der Waals surface area contributed by atoms with Gasteiger partial charge in [0.05, 0.1) is 12.3 Å². The molecular weight excluding hydrogens is 400 g/mol. The predicted octanol–water partition coefficient (Wildman–Crippen LogP) is 7.87. The maximum atomic E-state index is 5.95. The van der Waals surface area contributed by atoms with Gasteiger partial charge < -0.3 is 10.1 Å². The van der Waals surface area contributed by atoms with E-state index in [2.05, 4.69) is 22.6 Å². The summed E-state index contributed by atoms with van der Waals surface area (Å²) in [4.78, 5) is 4.68. The van der Waals surface area contributed by atoms with Crippen molar-refractivity contribution in [2.45, 2.75) is 51.9 Å². The highest BCUT2D eigenvalue weighted by Gasteiger charge is 2.04. The number of rotatable bonds is 12. The molecule has 3 rings (SSSR count). The Balaban J connectivity index is 1.41. The molecule has 0 amide bonds. The number of anilines is 2. The molecule has 0 aliphatic rings. The van der Waals surface area contributed by atoms with E-state index in [9.17, 15) is 0 Å². The lowest BCUT2D eigenvalue weighted by atomic mass is 10.1. The summed E-state index contributed by atoms with van der Waals surface area (Å²) in [5.41, 5.74) is 3.28. The monoisotopic (exact) mass is 428 g/mol.